The van der Waals surface area contributed by atoms with Crippen molar-refractivity contribution in [1.82, 2.24) is 14.8 Å². The van der Waals surface area contributed by atoms with Gasteiger partial charge in [-0.2, -0.15) is 5.10 Å². The lowest BCUT2D eigenvalue weighted by molar-refractivity contribution is 0.0600. The van der Waals surface area contributed by atoms with Crippen molar-refractivity contribution >= 4 is 17.7 Å². The summed E-state index contributed by atoms with van der Waals surface area (Å²) in [7, 11) is 1.30. The number of anilines is 1. The second-order valence-electron chi connectivity index (χ2n) is 6.36. The van der Waals surface area contributed by atoms with Gasteiger partial charge in [0.25, 0.3) is 5.91 Å². The lowest BCUT2D eigenvalue weighted by atomic mass is 9.92. The normalized spacial score (nSPS) is 11.2. The van der Waals surface area contributed by atoms with E-state index < -0.39 is 5.97 Å². The van der Waals surface area contributed by atoms with E-state index in [-0.39, 0.29) is 17.1 Å². The van der Waals surface area contributed by atoms with Crippen LogP contribution in [-0.4, -0.2) is 33.8 Å². The first-order valence-corrected chi connectivity index (χ1v) is 7.70. The van der Waals surface area contributed by atoms with E-state index in [9.17, 15) is 9.59 Å². The fourth-order valence-corrected chi connectivity index (χ4v) is 2.13. The number of hydrogen-bond donors (Lipinski definition) is 1. The highest BCUT2D eigenvalue weighted by Gasteiger charge is 2.22. The number of amides is 1. The molecule has 0 aromatic carbocycles. The fraction of sp³-hybridized carbons (Fsp3) is 0.412. The number of pyridine rings is 1. The molecule has 2 heterocycles. The van der Waals surface area contributed by atoms with Crippen LogP contribution >= 0.6 is 0 Å². The topological polar surface area (TPSA) is 86.1 Å². The van der Waals surface area contributed by atoms with E-state index in [1.807, 2.05) is 27.7 Å². The summed E-state index contributed by atoms with van der Waals surface area (Å²) in [5.41, 5.74) is 1.46. The molecule has 0 saturated heterocycles. The number of carbonyl (C=O) groups excluding carboxylic acids is 2. The third-order valence-corrected chi connectivity index (χ3v) is 3.50. The lowest BCUT2D eigenvalue weighted by Gasteiger charge is -2.13. The molecular formula is C17H22N4O3. The summed E-state index contributed by atoms with van der Waals surface area (Å²) in [5, 5.41) is 7.18. The average molecular weight is 330 g/mol. The van der Waals surface area contributed by atoms with Crippen molar-refractivity contribution in [3.05, 3.63) is 41.3 Å². The number of aryl methyl sites for hydroxylation is 1. The Morgan fingerprint density at radius 1 is 1.29 bits per heavy atom. The molecule has 128 valence electrons. The van der Waals surface area contributed by atoms with Gasteiger partial charge in [0.2, 0.25) is 0 Å². The van der Waals surface area contributed by atoms with Gasteiger partial charge < -0.3 is 10.1 Å². The molecule has 24 heavy (non-hydrogen) atoms. The average Bonchev–Trinajstić information content (AvgIpc) is 2.99. The Balaban J connectivity index is 2.27. The second-order valence-corrected chi connectivity index (χ2v) is 6.36. The van der Waals surface area contributed by atoms with E-state index in [4.69, 9.17) is 0 Å². The van der Waals surface area contributed by atoms with Gasteiger partial charge in [-0.3, -0.25) is 9.48 Å². The highest BCUT2D eigenvalue weighted by Crippen LogP contribution is 2.22. The Hall–Kier alpha value is -2.70. The van der Waals surface area contributed by atoms with Crippen molar-refractivity contribution in [2.75, 3.05) is 12.4 Å². The molecule has 1 N–H and O–H groups in total. The zero-order valence-corrected chi connectivity index (χ0v) is 14.6. The Morgan fingerprint density at radius 3 is 2.58 bits per heavy atom. The molecule has 2 aromatic heterocycles. The van der Waals surface area contributed by atoms with Crippen LogP contribution in [0.25, 0.3) is 0 Å². The van der Waals surface area contributed by atoms with E-state index >= 15 is 0 Å². The summed E-state index contributed by atoms with van der Waals surface area (Å²) >= 11 is 0. The minimum Gasteiger partial charge on any atom is -0.465 e. The molecule has 0 aliphatic heterocycles. The molecule has 0 radical (unpaired) electrons. The predicted molar refractivity (Wildman–Crippen MR) is 90.1 cm³/mol. The minimum absolute atomic E-state index is 0.154. The van der Waals surface area contributed by atoms with Crippen LogP contribution in [0.4, 0.5) is 5.82 Å². The molecule has 0 unspecified atom stereocenters. The number of carbonyl (C=O) groups is 2. The van der Waals surface area contributed by atoms with E-state index in [2.05, 4.69) is 20.1 Å². The van der Waals surface area contributed by atoms with Gasteiger partial charge in [-0.05, 0) is 25.1 Å². The first-order chi connectivity index (χ1) is 11.3. The number of rotatable bonds is 4. The SMILES string of the molecule is CCn1nc(C(C)(C)C)cc1C(=O)Nc1cc(C(=O)OC)ccn1. The van der Waals surface area contributed by atoms with Gasteiger partial charge in [-0.1, -0.05) is 20.8 Å². The maximum atomic E-state index is 12.6. The van der Waals surface area contributed by atoms with Crippen LogP contribution in [0.5, 0.6) is 0 Å². The third-order valence-electron chi connectivity index (χ3n) is 3.50. The van der Waals surface area contributed by atoms with E-state index in [0.29, 0.717) is 17.8 Å². The molecule has 7 nitrogen and oxygen atoms in total. The Labute approximate surface area is 141 Å². The molecule has 0 atom stereocenters. The van der Waals surface area contributed by atoms with Crippen molar-refractivity contribution in [3.8, 4) is 0 Å². The Morgan fingerprint density at radius 2 is 2.00 bits per heavy atom. The number of ether oxygens (including phenoxy) is 1. The van der Waals surface area contributed by atoms with Gasteiger partial charge >= 0.3 is 5.97 Å². The standard InChI is InChI=1S/C17H22N4O3/c1-6-21-12(10-13(20-21)17(2,3)4)15(22)19-14-9-11(7-8-18-14)16(23)24-5/h7-10H,6H2,1-5H3,(H,18,19,22). The molecule has 0 spiro atoms. The Kier molecular flexibility index (Phi) is 5.02. The van der Waals surface area contributed by atoms with Crippen molar-refractivity contribution in [2.45, 2.75) is 39.7 Å². The van der Waals surface area contributed by atoms with Crippen LogP contribution in [0.15, 0.2) is 24.4 Å². The largest absolute Gasteiger partial charge is 0.465 e. The summed E-state index contributed by atoms with van der Waals surface area (Å²) in [6.07, 6.45) is 1.44. The van der Waals surface area contributed by atoms with Crippen molar-refractivity contribution in [2.24, 2.45) is 0 Å². The molecule has 0 fully saturated rings. The number of methoxy groups -OCH3 is 1. The second kappa shape index (κ2) is 6.82. The van der Waals surface area contributed by atoms with Crippen molar-refractivity contribution in [3.63, 3.8) is 0 Å². The maximum absolute atomic E-state index is 12.6. The van der Waals surface area contributed by atoms with Crippen molar-refractivity contribution in [1.29, 1.82) is 0 Å². The van der Waals surface area contributed by atoms with Crippen LogP contribution in [-0.2, 0) is 16.7 Å². The monoisotopic (exact) mass is 330 g/mol. The molecule has 0 saturated carbocycles. The smallest absolute Gasteiger partial charge is 0.338 e. The van der Waals surface area contributed by atoms with Crippen LogP contribution in [0.2, 0.25) is 0 Å². The maximum Gasteiger partial charge on any atom is 0.338 e. The molecule has 2 rings (SSSR count). The van der Waals surface area contributed by atoms with Gasteiger partial charge in [0, 0.05) is 18.2 Å². The first-order valence-electron chi connectivity index (χ1n) is 7.70. The third kappa shape index (κ3) is 3.79. The summed E-state index contributed by atoms with van der Waals surface area (Å²) in [6.45, 7) is 8.62. The molecular weight excluding hydrogens is 308 g/mol. The summed E-state index contributed by atoms with van der Waals surface area (Å²) in [5.74, 6) is -0.528. The van der Waals surface area contributed by atoms with Crippen molar-refractivity contribution < 1.29 is 14.3 Å². The van der Waals surface area contributed by atoms with E-state index in [1.165, 1.54) is 25.4 Å². The molecule has 0 aliphatic rings. The highest BCUT2D eigenvalue weighted by atomic mass is 16.5. The highest BCUT2D eigenvalue weighted by molar-refractivity contribution is 6.03. The van der Waals surface area contributed by atoms with Crippen LogP contribution in [0.1, 0.15) is 54.2 Å². The summed E-state index contributed by atoms with van der Waals surface area (Å²) < 4.78 is 6.32. The van der Waals surface area contributed by atoms with Gasteiger partial charge in [0.1, 0.15) is 11.5 Å². The number of esters is 1. The summed E-state index contributed by atoms with van der Waals surface area (Å²) in [6, 6.07) is 4.78. The molecule has 0 bridgehead atoms. The van der Waals surface area contributed by atoms with Crippen LogP contribution in [0.3, 0.4) is 0 Å². The zero-order chi connectivity index (χ0) is 17.9. The zero-order valence-electron chi connectivity index (χ0n) is 14.6. The number of hydrogen-bond acceptors (Lipinski definition) is 5. The van der Waals surface area contributed by atoms with Crippen LogP contribution < -0.4 is 5.32 Å². The molecule has 7 heteroatoms. The molecule has 1 amide bonds. The first kappa shape index (κ1) is 17.7. The lowest BCUT2D eigenvalue weighted by Crippen LogP contribution is -2.18. The van der Waals surface area contributed by atoms with E-state index in [0.717, 1.165) is 5.69 Å². The summed E-state index contributed by atoms with van der Waals surface area (Å²) in [4.78, 5) is 28.2. The van der Waals surface area contributed by atoms with Gasteiger partial charge in [-0.25, -0.2) is 9.78 Å². The quantitative estimate of drug-likeness (QED) is 0.871. The van der Waals surface area contributed by atoms with Gasteiger partial charge in [0.15, 0.2) is 0 Å². The fourth-order valence-electron chi connectivity index (χ4n) is 2.13. The van der Waals surface area contributed by atoms with Gasteiger partial charge in [0.05, 0.1) is 18.4 Å². The van der Waals surface area contributed by atoms with Crippen LogP contribution in [0, 0.1) is 0 Å². The molecule has 2 aromatic rings. The minimum atomic E-state index is -0.485. The number of nitrogens with zero attached hydrogens (tertiary/aromatic N) is 3. The number of nitrogens with one attached hydrogen (secondary N) is 1. The number of aromatic nitrogens is 3. The van der Waals surface area contributed by atoms with E-state index in [1.54, 1.807) is 10.7 Å². The molecule has 0 aliphatic carbocycles. The van der Waals surface area contributed by atoms with Gasteiger partial charge in [-0.15, -0.1) is 0 Å². The predicted octanol–water partition coefficient (Wildman–Crippen LogP) is 2.63. The Bertz CT molecular complexity index is 759.